The Morgan fingerprint density at radius 3 is 2.78 bits per heavy atom. The molecule has 1 fully saturated rings. The van der Waals surface area contributed by atoms with Crippen LogP contribution in [0.5, 0.6) is 0 Å². The molecule has 2 heteroatoms. The smallest absolute Gasteiger partial charge is 0.123 e. The third-order valence-corrected chi connectivity index (χ3v) is 1.82. The molecule has 9 heavy (non-hydrogen) atoms. The van der Waals surface area contributed by atoms with Crippen LogP contribution in [0, 0.1) is 5.92 Å². The van der Waals surface area contributed by atoms with Crippen molar-refractivity contribution in [2.75, 3.05) is 20.1 Å². The summed E-state index contributed by atoms with van der Waals surface area (Å²) in [6, 6.07) is 0. The summed E-state index contributed by atoms with van der Waals surface area (Å²) in [7, 11) is 0.381. The zero-order valence-corrected chi connectivity index (χ0v) is 5.55. The number of nitrogens with zero attached hydrogens (tertiary/aromatic N) is 1. The van der Waals surface area contributed by atoms with Gasteiger partial charge in [0.2, 0.25) is 0 Å². The van der Waals surface area contributed by atoms with E-state index in [9.17, 15) is 4.79 Å². The van der Waals surface area contributed by atoms with Crippen molar-refractivity contribution >= 4 is 6.29 Å². The molecule has 0 aromatic rings. The highest BCUT2D eigenvalue weighted by Gasteiger charge is 2.14. The van der Waals surface area contributed by atoms with Crippen LogP contribution in [0.4, 0.5) is 0 Å². The molecule has 1 heterocycles. The molecule has 0 aromatic heterocycles. The highest BCUT2D eigenvalue weighted by molar-refractivity contribution is 5.53. The van der Waals surface area contributed by atoms with Crippen molar-refractivity contribution in [3.8, 4) is 0 Å². The molecule has 0 saturated carbocycles. The van der Waals surface area contributed by atoms with Crippen LogP contribution in [0.2, 0.25) is 0 Å². The first-order valence-corrected chi connectivity index (χ1v) is 3.33. The fourth-order valence-electron chi connectivity index (χ4n) is 1.09. The summed E-state index contributed by atoms with van der Waals surface area (Å²) < 4.78 is 7.06. The van der Waals surface area contributed by atoms with Crippen LogP contribution in [-0.4, -0.2) is 31.3 Å². The van der Waals surface area contributed by atoms with Crippen LogP contribution >= 0.6 is 0 Å². The number of carbonyl (C=O) groups excluding carboxylic acids is 1. The molecular weight excluding hydrogens is 114 g/mol. The molecule has 52 valence electrons. The fraction of sp³-hybridized carbons (Fsp3) is 0.857. The van der Waals surface area contributed by atoms with Gasteiger partial charge < -0.3 is 9.69 Å². The molecule has 0 bridgehead atoms. The number of rotatable bonds is 1. The Hall–Kier alpha value is -0.370. The summed E-state index contributed by atoms with van der Waals surface area (Å²) in [4.78, 5) is 12.3. The van der Waals surface area contributed by atoms with Crippen LogP contribution in [-0.2, 0) is 4.79 Å². The van der Waals surface area contributed by atoms with Gasteiger partial charge >= 0.3 is 0 Å². The molecule has 1 rings (SSSR count). The molecule has 2 nitrogen and oxygen atoms in total. The Morgan fingerprint density at radius 2 is 2.33 bits per heavy atom. The third-order valence-electron chi connectivity index (χ3n) is 1.82. The normalized spacial score (nSPS) is 25.6. The van der Waals surface area contributed by atoms with Crippen LogP contribution in [0.15, 0.2) is 0 Å². The summed E-state index contributed by atoms with van der Waals surface area (Å²) in [6.45, 7) is 1.85. The molecule has 0 N–H and O–H groups in total. The number of piperidine rings is 1. The lowest BCUT2D eigenvalue weighted by Crippen LogP contribution is -2.30. The van der Waals surface area contributed by atoms with Crippen LogP contribution < -0.4 is 0 Å². The fourth-order valence-corrected chi connectivity index (χ4v) is 1.09. The Labute approximate surface area is 57.2 Å². The summed E-state index contributed by atoms with van der Waals surface area (Å²) in [6.07, 6.45) is 2.94. The summed E-state index contributed by atoms with van der Waals surface area (Å²) in [5, 5.41) is 0. The van der Waals surface area contributed by atoms with E-state index < -0.39 is 0 Å². The van der Waals surface area contributed by atoms with Crippen molar-refractivity contribution in [1.82, 2.24) is 4.90 Å². The second-order valence-electron chi connectivity index (χ2n) is 2.59. The molecule has 0 spiro atoms. The van der Waals surface area contributed by atoms with Gasteiger partial charge in [-0.2, -0.15) is 0 Å². The first-order chi connectivity index (χ1) is 4.86. The van der Waals surface area contributed by atoms with E-state index >= 15 is 0 Å². The van der Waals surface area contributed by atoms with Gasteiger partial charge in [-0.05, 0) is 33.0 Å². The van der Waals surface area contributed by atoms with Crippen LogP contribution in [0.3, 0.4) is 0 Å². The van der Waals surface area contributed by atoms with Gasteiger partial charge in [0, 0.05) is 7.29 Å². The average Bonchev–Trinajstić information content (AvgIpc) is 2.05. The van der Waals surface area contributed by atoms with Crippen LogP contribution in [0.25, 0.3) is 0 Å². The molecule has 0 amide bonds. The minimum atomic E-state index is 0.266. The number of hydrogen-bond donors (Lipinski definition) is 0. The zero-order valence-electron chi connectivity index (χ0n) is 6.55. The van der Waals surface area contributed by atoms with Gasteiger partial charge in [-0.15, -0.1) is 0 Å². The maximum atomic E-state index is 10.3. The second-order valence-corrected chi connectivity index (χ2v) is 2.59. The van der Waals surface area contributed by atoms with E-state index in [2.05, 4.69) is 4.90 Å². The van der Waals surface area contributed by atoms with Crippen molar-refractivity contribution in [3.05, 3.63) is 0 Å². The van der Waals surface area contributed by atoms with E-state index in [0.717, 1.165) is 32.2 Å². The first kappa shape index (κ1) is 5.42. The molecule has 1 saturated heterocycles. The highest BCUT2D eigenvalue weighted by Crippen LogP contribution is 2.12. The second kappa shape index (κ2) is 2.97. The van der Waals surface area contributed by atoms with E-state index in [-0.39, 0.29) is 5.92 Å². The van der Waals surface area contributed by atoms with E-state index in [1.165, 1.54) is 0 Å². The minimum Gasteiger partial charge on any atom is -0.306 e. The first-order valence-electron chi connectivity index (χ1n) is 4.04. The van der Waals surface area contributed by atoms with Gasteiger partial charge in [0.25, 0.3) is 0 Å². The summed E-state index contributed by atoms with van der Waals surface area (Å²) in [5.74, 6) is 0.266. The quantitative estimate of drug-likeness (QED) is 0.481. The van der Waals surface area contributed by atoms with E-state index in [1.54, 1.807) is 0 Å². The lowest BCUT2D eigenvalue weighted by Gasteiger charge is -2.25. The third kappa shape index (κ3) is 1.79. The molecule has 0 aliphatic carbocycles. The van der Waals surface area contributed by atoms with E-state index in [4.69, 9.17) is 1.37 Å². The standard InChI is InChI=1S/C7H13NO/c1-8-4-2-7(6-9)3-5-8/h6-7H,2-5H2,1H3/i1T. The molecule has 1 aliphatic rings. The van der Waals surface area contributed by atoms with Crippen molar-refractivity contribution in [3.63, 3.8) is 0 Å². The molecule has 0 unspecified atom stereocenters. The van der Waals surface area contributed by atoms with Gasteiger partial charge in [0.05, 0.1) is 0 Å². The molecule has 0 radical (unpaired) electrons. The predicted molar refractivity (Wildman–Crippen MR) is 36.3 cm³/mol. The predicted octanol–water partition coefficient (Wildman–Crippen LogP) is 0.527. The lowest BCUT2D eigenvalue weighted by molar-refractivity contribution is -0.112. The van der Waals surface area contributed by atoms with Gasteiger partial charge in [-0.3, -0.25) is 0 Å². The Kier molecular flexibility index (Phi) is 1.79. The zero-order chi connectivity index (χ0) is 7.40. The average molecular weight is 129 g/mol. The lowest BCUT2D eigenvalue weighted by atomic mass is 9.99. The molecule has 0 atom stereocenters. The topological polar surface area (TPSA) is 20.3 Å². The molecule has 0 aromatic carbocycles. The van der Waals surface area contributed by atoms with Gasteiger partial charge in [0.1, 0.15) is 6.29 Å². The van der Waals surface area contributed by atoms with Crippen molar-refractivity contribution in [2.24, 2.45) is 5.92 Å². The van der Waals surface area contributed by atoms with Gasteiger partial charge in [-0.1, -0.05) is 0 Å². The summed E-state index contributed by atoms with van der Waals surface area (Å²) in [5.41, 5.74) is 0. The number of carbonyl (C=O) groups is 1. The van der Waals surface area contributed by atoms with Crippen molar-refractivity contribution < 1.29 is 6.17 Å². The molecular formula is C7H13NO. The van der Waals surface area contributed by atoms with Gasteiger partial charge in [0.15, 0.2) is 0 Å². The number of likely N-dealkylation sites (tertiary alicyclic amines) is 1. The van der Waals surface area contributed by atoms with Gasteiger partial charge in [-0.25, -0.2) is 0 Å². The van der Waals surface area contributed by atoms with Crippen LogP contribution in [0.1, 0.15) is 14.2 Å². The van der Waals surface area contributed by atoms with E-state index in [1.807, 2.05) is 0 Å². The van der Waals surface area contributed by atoms with Crippen molar-refractivity contribution in [2.45, 2.75) is 12.8 Å². The SMILES string of the molecule is [3H]CN1CCC(C=O)CC1. The van der Waals surface area contributed by atoms with Crippen molar-refractivity contribution in [1.29, 1.82) is 0 Å². The molecule has 1 aliphatic heterocycles. The number of hydrogen-bond acceptors (Lipinski definition) is 2. The number of aldehydes is 1. The van der Waals surface area contributed by atoms with E-state index in [0.29, 0.717) is 7.02 Å². The maximum absolute atomic E-state index is 10.3. The summed E-state index contributed by atoms with van der Waals surface area (Å²) >= 11 is 0. The Morgan fingerprint density at radius 1 is 1.67 bits per heavy atom. The maximum Gasteiger partial charge on any atom is 0.123 e. The Balaban J connectivity index is 2.23. The highest BCUT2D eigenvalue weighted by atomic mass is 16.1. The monoisotopic (exact) mass is 129 g/mol. The Bertz CT molecular complexity index is 110. The minimum absolute atomic E-state index is 0.266. The largest absolute Gasteiger partial charge is 0.306 e.